The highest BCUT2D eigenvalue weighted by Crippen LogP contribution is 2.36. The molecule has 138 valence electrons. The van der Waals surface area contributed by atoms with Crippen LogP contribution in [0.4, 0.5) is 5.69 Å². The van der Waals surface area contributed by atoms with Gasteiger partial charge in [-0.2, -0.15) is 5.10 Å². The van der Waals surface area contributed by atoms with Gasteiger partial charge in [0.25, 0.3) is 0 Å². The molecule has 8 heteroatoms. The zero-order valence-corrected chi connectivity index (χ0v) is 16.5. The quantitative estimate of drug-likeness (QED) is 0.848. The number of hydrogen-bond donors (Lipinski definition) is 1. The number of thiophene rings is 1. The molecule has 0 fully saturated rings. The van der Waals surface area contributed by atoms with Crippen LogP contribution in [0.1, 0.15) is 36.8 Å². The number of benzene rings is 1. The molecular weight excluding hydrogens is 370 g/mol. The summed E-state index contributed by atoms with van der Waals surface area (Å²) in [5, 5.41) is 8.18. The number of hydrogen-bond acceptors (Lipinski definition) is 5. The highest BCUT2D eigenvalue weighted by molar-refractivity contribution is 7.92. The van der Waals surface area contributed by atoms with E-state index in [2.05, 4.69) is 9.82 Å². The van der Waals surface area contributed by atoms with Crippen LogP contribution in [0.25, 0.3) is 0 Å². The van der Waals surface area contributed by atoms with Gasteiger partial charge in [-0.05, 0) is 29.1 Å². The largest absolute Gasteiger partial charge is 0.284 e. The lowest BCUT2D eigenvalue weighted by Crippen LogP contribution is -2.30. The third-order valence-electron chi connectivity index (χ3n) is 4.02. The van der Waals surface area contributed by atoms with Crippen LogP contribution >= 0.6 is 11.3 Å². The number of carbonyl (C=O) groups excluding carboxylic acids is 1. The molecule has 0 radical (unpaired) electrons. The normalized spacial score (nSPS) is 17.5. The van der Waals surface area contributed by atoms with Crippen molar-refractivity contribution in [3.63, 3.8) is 0 Å². The summed E-state index contributed by atoms with van der Waals surface area (Å²) in [6, 6.07) is 10.9. The van der Waals surface area contributed by atoms with E-state index in [1.165, 1.54) is 0 Å². The Morgan fingerprint density at radius 2 is 1.96 bits per heavy atom. The van der Waals surface area contributed by atoms with Crippen LogP contribution in [-0.2, 0) is 14.8 Å². The summed E-state index contributed by atoms with van der Waals surface area (Å²) in [6.07, 6.45) is 1.75. The van der Waals surface area contributed by atoms with Gasteiger partial charge in [0.1, 0.15) is 0 Å². The van der Waals surface area contributed by atoms with Gasteiger partial charge in [0, 0.05) is 22.9 Å². The van der Waals surface area contributed by atoms with Crippen LogP contribution < -0.4 is 4.72 Å². The van der Waals surface area contributed by atoms with Gasteiger partial charge >= 0.3 is 0 Å². The van der Waals surface area contributed by atoms with E-state index in [0.717, 1.165) is 22.4 Å². The van der Waals surface area contributed by atoms with Gasteiger partial charge in [0.15, 0.2) is 0 Å². The van der Waals surface area contributed by atoms with E-state index in [0.29, 0.717) is 12.1 Å². The second-order valence-electron chi connectivity index (χ2n) is 6.57. The van der Waals surface area contributed by atoms with E-state index in [9.17, 15) is 13.2 Å². The van der Waals surface area contributed by atoms with Crippen molar-refractivity contribution in [1.29, 1.82) is 0 Å². The van der Waals surface area contributed by atoms with Gasteiger partial charge in [0.05, 0.1) is 18.0 Å². The molecule has 26 heavy (non-hydrogen) atoms. The maximum atomic E-state index is 12.6. The molecule has 1 aromatic carbocycles. The molecule has 1 amide bonds. The van der Waals surface area contributed by atoms with Crippen LogP contribution in [0, 0.1) is 5.92 Å². The molecular formula is C18H21N3O3S2. The van der Waals surface area contributed by atoms with Crippen LogP contribution in [-0.4, -0.2) is 31.3 Å². The molecule has 0 unspecified atom stereocenters. The minimum Gasteiger partial charge on any atom is -0.284 e. The van der Waals surface area contributed by atoms with E-state index in [1.54, 1.807) is 28.5 Å². The summed E-state index contributed by atoms with van der Waals surface area (Å²) < 4.78 is 25.1. The van der Waals surface area contributed by atoms with Crippen LogP contribution in [0.15, 0.2) is 46.9 Å². The summed E-state index contributed by atoms with van der Waals surface area (Å²) in [4.78, 5) is 13.7. The second kappa shape index (κ2) is 7.20. The lowest BCUT2D eigenvalue weighted by molar-refractivity contribution is -0.136. The zero-order valence-electron chi connectivity index (χ0n) is 14.8. The topological polar surface area (TPSA) is 78.8 Å². The third kappa shape index (κ3) is 4.13. The maximum Gasteiger partial charge on any atom is 0.245 e. The van der Waals surface area contributed by atoms with E-state index in [4.69, 9.17) is 0 Å². The van der Waals surface area contributed by atoms with E-state index in [1.807, 2.05) is 43.5 Å². The smallest absolute Gasteiger partial charge is 0.245 e. The maximum absolute atomic E-state index is 12.6. The molecule has 1 N–H and O–H groups in total. The Morgan fingerprint density at radius 3 is 2.50 bits per heavy atom. The van der Waals surface area contributed by atoms with Crippen LogP contribution in [0.2, 0.25) is 0 Å². The van der Waals surface area contributed by atoms with Crippen molar-refractivity contribution in [2.75, 3.05) is 11.0 Å². The molecule has 1 aliphatic heterocycles. The standard InChI is InChI=1S/C18H21N3O3S2/c1-12(2)18(22)21-16(17-5-4-10-25-17)11-15(19-21)13-6-8-14(9-7-13)20-26(3,23)24/h4-10,12,16,20H,11H2,1-3H3/t16-/m0/s1. The first-order valence-electron chi connectivity index (χ1n) is 8.27. The third-order valence-corrected chi connectivity index (χ3v) is 5.60. The molecule has 3 rings (SSSR count). The van der Waals surface area contributed by atoms with Crippen molar-refractivity contribution >= 4 is 38.7 Å². The lowest BCUT2D eigenvalue weighted by atomic mass is 10.0. The fourth-order valence-corrected chi connectivity index (χ4v) is 4.18. The van der Waals surface area contributed by atoms with Gasteiger partial charge in [-0.1, -0.05) is 32.0 Å². The van der Waals surface area contributed by atoms with E-state index in [-0.39, 0.29) is 17.9 Å². The van der Waals surface area contributed by atoms with E-state index < -0.39 is 10.0 Å². The van der Waals surface area contributed by atoms with Gasteiger partial charge in [-0.25, -0.2) is 13.4 Å². The molecule has 0 bridgehead atoms. The highest BCUT2D eigenvalue weighted by Gasteiger charge is 2.34. The van der Waals surface area contributed by atoms with Crippen molar-refractivity contribution in [3.8, 4) is 0 Å². The number of anilines is 1. The predicted molar refractivity (Wildman–Crippen MR) is 105 cm³/mol. The number of amides is 1. The number of hydrazone groups is 1. The number of sulfonamides is 1. The summed E-state index contributed by atoms with van der Waals surface area (Å²) in [7, 11) is -3.31. The highest BCUT2D eigenvalue weighted by atomic mass is 32.2. The first kappa shape index (κ1) is 18.6. The van der Waals surface area contributed by atoms with Gasteiger partial charge < -0.3 is 0 Å². The Bertz CT molecular complexity index is 917. The van der Waals surface area contributed by atoms with E-state index >= 15 is 0 Å². The molecule has 0 aliphatic carbocycles. The van der Waals surface area contributed by atoms with Crippen molar-refractivity contribution < 1.29 is 13.2 Å². The molecule has 0 saturated heterocycles. The minimum absolute atomic E-state index is 0.00577. The molecule has 0 spiro atoms. The van der Waals surface area contributed by atoms with Gasteiger partial charge in [-0.15, -0.1) is 11.3 Å². The summed E-state index contributed by atoms with van der Waals surface area (Å²) in [5.41, 5.74) is 2.20. The summed E-state index contributed by atoms with van der Waals surface area (Å²) in [5.74, 6) is -0.143. The fourth-order valence-electron chi connectivity index (χ4n) is 2.80. The molecule has 6 nitrogen and oxygen atoms in total. The van der Waals surface area contributed by atoms with Crippen molar-refractivity contribution in [2.24, 2.45) is 11.0 Å². The first-order chi connectivity index (χ1) is 12.2. The van der Waals surface area contributed by atoms with Crippen molar-refractivity contribution in [3.05, 3.63) is 52.2 Å². The Morgan fingerprint density at radius 1 is 1.27 bits per heavy atom. The molecule has 1 aliphatic rings. The van der Waals surface area contributed by atoms with Crippen molar-refractivity contribution in [1.82, 2.24) is 5.01 Å². The average molecular weight is 392 g/mol. The predicted octanol–water partition coefficient (Wildman–Crippen LogP) is 3.45. The average Bonchev–Trinajstić information content (AvgIpc) is 3.22. The Kier molecular flexibility index (Phi) is 5.15. The van der Waals surface area contributed by atoms with Gasteiger partial charge in [0.2, 0.25) is 15.9 Å². The fraction of sp³-hybridized carbons (Fsp3) is 0.333. The molecule has 0 saturated carbocycles. The first-order valence-corrected chi connectivity index (χ1v) is 11.0. The monoisotopic (exact) mass is 391 g/mol. The number of nitrogens with one attached hydrogen (secondary N) is 1. The molecule has 2 aromatic rings. The lowest BCUT2D eigenvalue weighted by Gasteiger charge is -2.22. The Labute approximate surface area is 157 Å². The molecule has 2 heterocycles. The SMILES string of the molecule is CC(C)C(=O)N1N=C(c2ccc(NS(C)(=O)=O)cc2)C[C@H]1c1cccs1. The van der Waals surface area contributed by atoms with Crippen molar-refractivity contribution in [2.45, 2.75) is 26.3 Å². The second-order valence-corrected chi connectivity index (χ2v) is 9.30. The number of nitrogens with zero attached hydrogens (tertiary/aromatic N) is 2. The minimum atomic E-state index is -3.31. The zero-order chi connectivity index (χ0) is 18.9. The van der Waals surface area contributed by atoms with Crippen LogP contribution in [0.3, 0.4) is 0 Å². The van der Waals surface area contributed by atoms with Gasteiger partial charge in [-0.3, -0.25) is 9.52 Å². The number of carbonyl (C=O) groups is 1. The Hall–Kier alpha value is -2.19. The molecule has 1 aromatic heterocycles. The molecule has 1 atom stereocenters. The number of rotatable bonds is 5. The van der Waals surface area contributed by atoms with Crippen LogP contribution in [0.5, 0.6) is 0 Å². The summed E-state index contributed by atoms with van der Waals surface area (Å²) >= 11 is 1.62. The summed E-state index contributed by atoms with van der Waals surface area (Å²) in [6.45, 7) is 3.74. The Balaban J connectivity index is 1.87.